The number of alkyl halides is 3. The van der Waals surface area contributed by atoms with E-state index in [1.807, 2.05) is 39.8 Å². The lowest BCUT2D eigenvalue weighted by Gasteiger charge is -2.27. The molecule has 1 aliphatic carbocycles. The largest absolute Gasteiger partial charge is 0.481 e. The highest BCUT2D eigenvalue weighted by atomic mass is 19.4. The van der Waals surface area contributed by atoms with Gasteiger partial charge in [0.05, 0.1) is 18.0 Å². The van der Waals surface area contributed by atoms with E-state index in [1.165, 1.54) is 12.1 Å². The van der Waals surface area contributed by atoms with Gasteiger partial charge >= 0.3 is 12.1 Å². The van der Waals surface area contributed by atoms with Crippen LogP contribution in [0.1, 0.15) is 84.1 Å². The maximum atomic E-state index is 14.2. The van der Waals surface area contributed by atoms with Crippen LogP contribution in [0.3, 0.4) is 0 Å². The first-order valence-electron chi connectivity index (χ1n) is 15.9. The Morgan fingerprint density at radius 3 is 2.28 bits per heavy atom. The fourth-order valence-electron chi connectivity index (χ4n) is 6.62. The Morgan fingerprint density at radius 2 is 1.70 bits per heavy atom. The predicted octanol–water partition coefficient (Wildman–Crippen LogP) is 6.80. The normalized spacial score (nSPS) is 14.4. The summed E-state index contributed by atoms with van der Waals surface area (Å²) in [6.45, 7) is 7.59. The second-order valence-corrected chi connectivity index (χ2v) is 13.3. The maximum Gasteiger partial charge on any atom is 0.416 e. The molecular weight excluding hydrogens is 614 g/mol. The molecule has 0 spiro atoms. The van der Waals surface area contributed by atoms with E-state index in [-0.39, 0.29) is 36.7 Å². The van der Waals surface area contributed by atoms with Gasteiger partial charge in [-0.3, -0.25) is 14.4 Å². The molecule has 3 aromatic rings. The second kappa shape index (κ2) is 14.4. The lowest BCUT2D eigenvalue weighted by atomic mass is 9.87. The molecule has 2 aromatic carbocycles. The molecule has 1 heterocycles. The molecule has 47 heavy (non-hydrogen) atoms. The summed E-state index contributed by atoms with van der Waals surface area (Å²) in [6, 6.07) is 5.02. The quantitative estimate of drug-likeness (QED) is 0.209. The molecule has 2 N–H and O–H groups in total. The van der Waals surface area contributed by atoms with E-state index in [1.54, 1.807) is 19.0 Å². The molecule has 2 atom stereocenters. The second-order valence-electron chi connectivity index (χ2n) is 13.3. The third-order valence-corrected chi connectivity index (χ3v) is 8.73. The van der Waals surface area contributed by atoms with Gasteiger partial charge in [-0.2, -0.15) is 13.2 Å². The van der Waals surface area contributed by atoms with Crippen LogP contribution in [-0.2, 0) is 35.0 Å². The minimum absolute atomic E-state index is 0.0000976. The van der Waals surface area contributed by atoms with Gasteiger partial charge in [-0.15, -0.1) is 0 Å². The molecule has 4 rings (SSSR count). The van der Waals surface area contributed by atoms with Crippen LogP contribution < -0.4 is 10.9 Å². The topological polar surface area (TPSA) is 91.6 Å². The highest BCUT2D eigenvalue weighted by Crippen LogP contribution is 2.39. The van der Waals surface area contributed by atoms with Crippen LogP contribution in [0.4, 0.5) is 17.6 Å². The Kier molecular flexibility index (Phi) is 11.0. The van der Waals surface area contributed by atoms with Crippen LogP contribution in [-0.4, -0.2) is 47.1 Å². The van der Waals surface area contributed by atoms with Gasteiger partial charge < -0.3 is 19.9 Å². The number of nitrogens with one attached hydrogen (secondary N) is 1. The number of carboxylic acid groups (broad SMARTS) is 1. The maximum absolute atomic E-state index is 14.2. The number of halogens is 4. The van der Waals surface area contributed by atoms with E-state index in [0.29, 0.717) is 11.6 Å². The summed E-state index contributed by atoms with van der Waals surface area (Å²) in [5.74, 6) is -2.31. The molecule has 0 unspecified atom stereocenters. The lowest BCUT2D eigenvalue weighted by molar-refractivity contribution is -0.139. The van der Waals surface area contributed by atoms with Crippen molar-refractivity contribution in [3.05, 3.63) is 91.6 Å². The molecule has 0 radical (unpaired) electrons. The molecule has 0 fully saturated rings. The summed E-state index contributed by atoms with van der Waals surface area (Å²) in [5.41, 5.74) is 3.74. The van der Waals surface area contributed by atoms with E-state index in [2.05, 4.69) is 5.32 Å². The van der Waals surface area contributed by atoms with E-state index < -0.39 is 47.7 Å². The summed E-state index contributed by atoms with van der Waals surface area (Å²) < 4.78 is 57.1. The Labute approximate surface area is 272 Å². The van der Waals surface area contributed by atoms with Gasteiger partial charge in [0.15, 0.2) is 0 Å². The summed E-state index contributed by atoms with van der Waals surface area (Å²) >= 11 is 0. The first-order valence-corrected chi connectivity index (χ1v) is 15.9. The van der Waals surface area contributed by atoms with Gasteiger partial charge in [0.25, 0.3) is 5.56 Å². The summed E-state index contributed by atoms with van der Waals surface area (Å²) in [7, 11) is 3.45. The van der Waals surface area contributed by atoms with Gasteiger partial charge in [-0.05, 0) is 129 Å². The fourth-order valence-corrected chi connectivity index (χ4v) is 6.62. The molecule has 7 nitrogen and oxygen atoms in total. The minimum atomic E-state index is -4.76. The zero-order chi connectivity index (χ0) is 34.8. The number of carboxylic acids is 1. The molecule has 0 bridgehead atoms. The van der Waals surface area contributed by atoms with Crippen molar-refractivity contribution in [1.29, 1.82) is 0 Å². The van der Waals surface area contributed by atoms with Crippen LogP contribution in [0.5, 0.6) is 0 Å². The number of amides is 1. The number of hydrogen-bond donors (Lipinski definition) is 2. The number of hydrogen-bond acceptors (Lipinski definition) is 4. The fraction of sp³-hybridized carbons (Fsp3) is 0.472. The van der Waals surface area contributed by atoms with Gasteiger partial charge in [0, 0.05) is 18.8 Å². The molecule has 0 saturated heterocycles. The van der Waals surface area contributed by atoms with Crippen LogP contribution in [0, 0.1) is 25.6 Å². The number of benzene rings is 2. The predicted molar refractivity (Wildman–Crippen MR) is 173 cm³/mol. The van der Waals surface area contributed by atoms with Crippen molar-refractivity contribution < 1.29 is 32.3 Å². The lowest BCUT2D eigenvalue weighted by Crippen LogP contribution is -2.40. The van der Waals surface area contributed by atoms with Crippen LogP contribution >= 0.6 is 0 Å². The molecular formula is C36H43F4N3O4. The highest BCUT2D eigenvalue weighted by Gasteiger charge is 2.36. The summed E-state index contributed by atoms with van der Waals surface area (Å²) in [5, 5.41) is 12.7. The third-order valence-electron chi connectivity index (χ3n) is 8.73. The highest BCUT2D eigenvalue weighted by molar-refractivity contribution is 5.82. The Hall–Kier alpha value is -3.99. The van der Waals surface area contributed by atoms with Crippen molar-refractivity contribution >= 4 is 11.9 Å². The van der Waals surface area contributed by atoms with Crippen molar-refractivity contribution in [2.45, 2.75) is 84.5 Å². The number of aryl methyl sites for hydroxylation is 3. The molecule has 1 aromatic heterocycles. The summed E-state index contributed by atoms with van der Waals surface area (Å²) in [6.07, 6.45) is -1.50. The number of rotatable bonds is 12. The SMILES string of the molecule is Cc1cc(F)cc(C)c1-c1cc([C@@H](CC(=O)O)NC(=O)[C@H](CC(C)C)n2cc(CCN(C)C)c(C(F)(F)F)cc2=O)cc2c1CCC2. The third kappa shape index (κ3) is 8.49. The van der Waals surface area contributed by atoms with Crippen molar-refractivity contribution in [1.82, 2.24) is 14.8 Å². The van der Waals surface area contributed by atoms with Gasteiger partial charge in [0.1, 0.15) is 11.9 Å². The van der Waals surface area contributed by atoms with Crippen LogP contribution in [0.25, 0.3) is 11.1 Å². The Bertz CT molecular complexity index is 1690. The van der Waals surface area contributed by atoms with Crippen molar-refractivity contribution in [3.63, 3.8) is 0 Å². The van der Waals surface area contributed by atoms with Gasteiger partial charge in [-0.1, -0.05) is 19.9 Å². The first kappa shape index (κ1) is 35.9. The minimum Gasteiger partial charge on any atom is -0.481 e. The zero-order valence-electron chi connectivity index (χ0n) is 27.7. The molecule has 0 saturated carbocycles. The molecule has 1 aliphatic rings. The number of carbonyl (C=O) groups excluding carboxylic acids is 1. The number of pyridine rings is 1. The summed E-state index contributed by atoms with van der Waals surface area (Å²) in [4.78, 5) is 41.1. The van der Waals surface area contributed by atoms with Crippen molar-refractivity contribution in [2.24, 2.45) is 5.92 Å². The molecule has 11 heteroatoms. The Morgan fingerprint density at radius 1 is 1.04 bits per heavy atom. The smallest absolute Gasteiger partial charge is 0.416 e. The number of aliphatic carboxylic acids is 1. The van der Waals surface area contributed by atoms with E-state index >= 15 is 0 Å². The number of fused-ring (bicyclic) bond motifs is 1. The van der Waals surface area contributed by atoms with Gasteiger partial charge in [-0.25, -0.2) is 4.39 Å². The monoisotopic (exact) mass is 657 g/mol. The van der Waals surface area contributed by atoms with Crippen molar-refractivity contribution in [3.8, 4) is 11.1 Å². The number of nitrogens with zero attached hydrogens (tertiary/aromatic N) is 2. The van der Waals surface area contributed by atoms with Crippen LogP contribution in [0.15, 0.2) is 41.3 Å². The number of carbonyl (C=O) groups is 2. The first-order chi connectivity index (χ1) is 22.0. The average Bonchev–Trinajstić information content (AvgIpc) is 3.42. The molecule has 0 aliphatic heterocycles. The average molecular weight is 658 g/mol. The number of aromatic nitrogens is 1. The van der Waals surface area contributed by atoms with Crippen LogP contribution in [0.2, 0.25) is 0 Å². The zero-order valence-corrected chi connectivity index (χ0v) is 27.7. The van der Waals surface area contributed by atoms with Crippen molar-refractivity contribution in [2.75, 3.05) is 20.6 Å². The molecule has 1 amide bonds. The number of likely N-dealkylation sites (N-methyl/N-ethyl adjacent to an activating group) is 1. The van der Waals surface area contributed by atoms with E-state index in [9.17, 15) is 37.1 Å². The standard InChI is InChI=1S/C36H43F4N3O4/c1-20(2)12-31(43-19-24(10-11-42(5)6)29(17-32(43)44)36(38,39)40)35(47)41-30(18-33(45)46)25-15-23-8-7-9-27(23)28(16-25)34-21(3)13-26(37)14-22(34)4/h13-17,19-20,30-31H,7-12,18H2,1-6H3,(H,41,47)(H,45,46)/t30-,31+/m1/s1. The van der Waals surface area contributed by atoms with E-state index in [4.69, 9.17) is 0 Å². The Balaban J connectivity index is 1.80. The van der Waals surface area contributed by atoms with E-state index in [0.717, 1.165) is 63.4 Å². The van der Waals surface area contributed by atoms with Gasteiger partial charge in [0.2, 0.25) is 5.91 Å². The molecule has 254 valence electrons.